The van der Waals surface area contributed by atoms with Crippen molar-refractivity contribution in [2.75, 3.05) is 5.75 Å². The van der Waals surface area contributed by atoms with Crippen LogP contribution in [-0.2, 0) is 29.3 Å². The number of sulfone groups is 1. The Hall–Kier alpha value is -2.22. The van der Waals surface area contributed by atoms with Crippen molar-refractivity contribution in [2.45, 2.75) is 24.4 Å². The number of hydrogen-bond donors (Lipinski definition) is 2. The molecule has 5 nitrogen and oxygen atoms in total. The van der Waals surface area contributed by atoms with Crippen LogP contribution in [0.25, 0.3) is 10.9 Å². The maximum Gasteiger partial charge on any atom is 0.181 e. The van der Waals surface area contributed by atoms with Crippen molar-refractivity contribution in [1.29, 1.82) is 0 Å². The van der Waals surface area contributed by atoms with Crippen molar-refractivity contribution < 1.29 is 18.0 Å². The smallest absolute Gasteiger partial charge is 0.181 e. The maximum absolute atomic E-state index is 13.7. The summed E-state index contributed by atoms with van der Waals surface area (Å²) in [6, 6.07) is 12.0. The molecule has 2 aromatic carbocycles. The van der Waals surface area contributed by atoms with Gasteiger partial charge in [-0.2, -0.15) is 0 Å². The van der Waals surface area contributed by atoms with Crippen LogP contribution in [0, 0.1) is 5.82 Å². The predicted octanol–water partition coefficient (Wildman–Crippen LogP) is 2.64. The Morgan fingerprint density at radius 2 is 1.84 bits per heavy atom. The standard InChI is InChI=1S/C18H17FN2O3S/c19-14-5-6-16-15(9-14)18-17(7-8-25(18,23)24)21(16)11-13-3-1-12(2-4-13)10-20-22/h1-6,9,20,22H,7-8,10-11H2. The molecule has 1 aliphatic heterocycles. The lowest BCUT2D eigenvalue weighted by molar-refractivity contribution is 0.161. The van der Waals surface area contributed by atoms with Crippen LogP contribution in [0.3, 0.4) is 0 Å². The molecule has 0 bridgehead atoms. The minimum atomic E-state index is -3.36. The number of fused-ring (bicyclic) bond motifs is 3. The second-order valence-electron chi connectivity index (χ2n) is 6.24. The van der Waals surface area contributed by atoms with Crippen LogP contribution in [0.15, 0.2) is 47.4 Å². The number of hydrogen-bond acceptors (Lipinski definition) is 4. The predicted molar refractivity (Wildman–Crippen MR) is 91.8 cm³/mol. The Bertz CT molecular complexity index is 1060. The van der Waals surface area contributed by atoms with E-state index in [1.165, 1.54) is 12.1 Å². The molecule has 1 aromatic heterocycles. The summed E-state index contributed by atoms with van der Waals surface area (Å²) in [6.45, 7) is 0.874. The van der Waals surface area contributed by atoms with E-state index in [4.69, 9.17) is 5.21 Å². The number of nitrogens with one attached hydrogen (secondary N) is 1. The van der Waals surface area contributed by atoms with E-state index in [0.717, 1.165) is 22.3 Å². The molecule has 2 N–H and O–H groups in total. The topological polar surface area (TPSA) is 71.3 Å². The van der Waals surface area contributed by atoms with E-state index < -0.39 is 15.7 Å². The van der Waals surface area contributed by atoms with Crippen molar-refractivity contribution in [1.82, 2.24) is 10.0 Å². The van der Waals surface area contributed by atoms with Crippen molar-refractivity contribution in [3.05, 3.63) is 65.1 Å². The lowest BCUT2D eigenvalue weighted by atomic mass is 10.1. The highest BCUT2D eigenvalue weighted by Crippen LogP contribution is 2.37. The van der Waals surface area contributed by atoms with Crippen LogP contribution in [0.5, 0.6) is 0 Å². The Labute approximate surface area is 144 Å². The molecule has 0 spiro atoms. The molecule has 0 amide bonds. The number of hydroxylamine groups is 1. The second kappa shape index (κ2) is 5.94. The van der Waals surface area contributed by atoms with Crippen molar-refractivity contribution in [2.24, 2.45) is 0 Å². The van der Waals surface area contributed by atoms with E-state index in [2.05, 4.69) is 5.48 Å². The van der Waals surface area contributed by atoms with E-state index >= 15 is 0 Å². The number of benzene rings is 2. The summed E-state index contributed by atoms with van der Waals surface area (Å²) in [6.07, 6.45) is 0.445. The van der Waals surface area contributed by atoms with Crippen molar-refractivity contribution in [3.63, 3.8) is 0 Å². The largest absolute Gasteiger partial charge is 0.339 e. The first-order valence-electron chi connectivity index (χ1n) is 7.98. The van der Waals surface area contributed by atoms with E-state index in [-0.39, 0.29) is 10.6 Å². The fraction of sp³-hybridized carbons (Fsp3) is 0.222. The minimum absolute atomic E-state index is 0.0746. The average molecular weight is 360 g/mol. The third-order valence-corrected chi connectivity index (χ3v) is 6.47. The molecule has 4 rings (SSSR count). The fourth-order valence-corrected chi connectivity index (χ4v) is 5.23. The molecule has 3 aromatic rings. The van der Waals surface area contributed by atoms with Gasteiger partial charge in [0, 0.05) is 30.6 Å². The van der Waals surface area contributed by atoms with Crippen molar-refractivity contribution in [3.8, 4) is 0 Å². The van der Waals surface area contributed by atoms with Gasteiger partial charge >= 0.3 is 0 Å². The number of aromatic nitrogens is 1. The second-order valence-corrected chi connectivity index (χ2v) is 8.29. The molecule has 0 aliphatic carbocycles. The lowest BCUT2D eigenvalue weighted by Gasteiger charge is -2.10. The van der Waals surface area contributed by atoms with Gasteiger partial charge in [0.1, 0.15) is 5.82 Å². The van der Waals surface area contributed by atoms with Gasteiger partial charge in [-0.1, -0.05) is 24.3 Å². The number of nitrogens with zero attached hydrogens (tertiary/aromatic N) is 1. The van der Waals surface area contributed by atoms with Gasteiger partial charge < -0.3 is 9.77 Å². The molecule has 0 saturated carbocycles. The normalized spacial score (nSPS) is 15.6. The Morgan fingerprint density at radius 1 is 1.12 bits per heavy atom. The maximum atomic E-state index is 13.7. The molecule has 1 aliphatic rings. The summed E-state index contributed by atoms with van der Waals surface area (Å²) in [7, 11) is -3.36. The molecule has 0 fully saturated rings. The quantitative estimate of drug-likeness (QED) is 0.702. The highest BCUT2D eigenvalue weighted by molar-refractivity contribution is 7.92. The zero-order valence-electron chi connectivity index (χ0n) is 13.4. The van der Waals surface area contributed by atoms with Crippen LogP contribution in [-0.4, -0.2) is 23.9 Å². The average Bonchev–Trinajstić information content (AvgIpc) is 3.05. The summed E-state index contributed by atoms with van der Waals surface area (Å²) in [4.78, 5) is 0.281. The van der Waals surface area contributed by atoms with Crippen LogP contribution < -0.4 is 5.48 Å². The van der Waals surface area contributed by atoms with E-state index in [1.807, 2.05) is 28.8 Å². The van der Waals surface area contributed by atoms with Crippen LogP contribution in [0.2, 0.25) is 0 Å². The van der Waals surface area contributed by atoms with E-state index in [9.17, 15) is 12.8 Å². The summed E-state index contributed by atoms with van der Waals surface area (Å²) >= 11 is 0. The van der Waals surface area contributed by atoms with E-state index in [0.29, 0.717) is 24.9 Å². The molecular formula is C18H17FN2O3S. The van der Waals surface area contributed by atoms with Gasteiger partial charge in [-0.3, -0.25) is 0 Å². The van der Waals surface area contributed by atoms with Crippen LogP contribution in [0.4, 0.5) is 4.39 Å². The van der Waals surface area contributed by atoms with Crippen molar-refractivity contribution >= 4 is 20.7 Å². The Morgan fingerprint density at radius 3 is 2.56 bits per heavy atom. The molecule has 25 heavy (non-hydrogen) atoms. The van der Waals surface area contributed by atoms with Gasteiger partial charge in [0.2, 0.25) is 0 Å². The zero-order chi connectivity index (χ0) is 17.6. The first-order chi connectivity index (χ1) is 12.0. The summed E-state index contributed by atoms with van der Waals surface area (Å²) in [5, 5.41) is 9.22. The third-order valence-electron chi connectivity index (χ3n) is 4.65. The van der Waals surface area contributed by atoms with Crippen LogP contribution in [0.1, 0.15) is 16.8 Å². The summed E-state index contributed by atoms with van der Waals surface area (Å²) in [5.74, 6) is -0.360. The molecular weight excluding hydrogens is 343 g/mol. The fourth-order valence-electron chi connectivity index (χ4n) is 3.49. The Kier molecular flexibility index (Phi) is 3.87. The van der Waals surface area contributed by atoms with Gasteiger partial charge in [-0.25, -0.2) is 18.3 Å². The molecule has 0 saturated heterocycles. The Balaban J connectivity index is 1.83. The number of halogens is 1. The first kappa shape index (κ1) is 16.3. The molecule has 130 valence electrons. The number of rotatable bonds is 4. The molecule has 0 unspecified atom stereocenters. The van der Waals surface area contributed by atoms with Crippen LogP contribution >= 0.6 is 0 Å². The molecule has 7 heteroatoms. The molecule has 0 atom stereocenters. The van der Waals surface area contributed by atoms with Gasteiger partial charge in [-0.05, 0) is 29.3 Å². The monoisotopic (exact) mass is 360 g/mol. The summed E-state index contributed by atoms with van der Waals surface area (Å²) in [5.41, 5.74) is 5.55. The van der Waals surface area contributed by atoms with Gasteiger partial charge in [0.05, 0.1) is 16.2 Å². The van der Waals surface area contributed by atoms with Gasteiger partial charge in [0.15, 0.2) is 9.84 Å². The minimum Gasteiger partial charge on any atom is -0.339 e. The molecule has 0 radical (unpaired) electrons. The highest BCUT2D eigenvalue weighted by Gasteiger charge is 2.33. The van der Waals surface area contributed by atoms with Gasteiger partial charge in [0.25, 0.3) is 0 Å². The first-order valence-corrected chi connectivity index (χ1v) is 9.63. The molecule has 2 heterocycles. The SMILES string of the molecule is O=S1(=O)CCc2c1c1cc(F)ccc1n2Cc1ccc(CNO)cc1. The van der Waals surface area contributed by atoms with E-state index in [1.54, 1.807) is 6.07 Å². The van der Waals surface area contributed by atoms with Gasteiger partial charge in [-0.15, -0.1) is 0 Å². The lowest BCUT2D eigenvalue weighted by Crippen LogP contribution is -2.07. The third kappa shape index (κ3) is 2.74. The highest BCUT2D eigenvalue weighted by atomic mass is 32.2. The zero-order valence-corrected chi connectivity index (χ0v) is 14.2. The summed E-state index contributed by atoms with van der Waals surface area (Å²) < 4.78 is 40.4.